The maximum Gasteiger partial charge on any atom is 0.242 e. The molecule has 8 nitrogen and oxygen atoms in total. The number of ketones is 1. The van der Waals surface area contributed by atoms with Crippen LogP contribution in [0.15, 0.2) is 18.2 Å². The number of nitrogens with zero attached hydrogens (tertiary/aromatic N) is 1. The Morgan fingerprint density at radius 1 is 1.29 bits per heavy atom. The fourth-order valence-electron chi connectivity index (χ4n) is 4.72. The highest BCUT2D eigenvalue weighted by molar-refractivity contribution is 7.91. The first-order valence-corrected chi connectivity index (χ1v) is 12.5. The smallest absolute Gasteiger partial charge is 0.242 e. The third kappa shape index (κ3) is 4.46. The maximum atomic E-state index is 12.8. The largest absolute Gasteiger partial charge is 0.486 e. The van der Waals surface area contributed by atoms with Crippen molar-refractivity contribution in [3.05, 3.63) is 29.3 Å². The molecule has 0 aliphatic carbocycles. The molecule has 9 heteroatoms. The van der Waals surface area contributed by atoms with E-state index in [0.717, 1.165) is 5.56 Å². The zero-order chi connectivity index (χ0) is 22.4. The number of rotatable bonds is 3. The molecule has 1 aromatic rings. The number of benzene rings is 1. The molecule has 0 bridgehead atoms. The van der Waals surface area contributed by atoms with Gasteiger partial charge in [0.15, 0.2) is 15.6 Å². The van der Waals surface area contributed by atoms with Crippen LogP contribution in [0, 0.1) is 6.92 Å². The molecule has 0 aromatic heterocycles. The molecule has 31 heavy (non-hydrogen) atoms. The number of ether oxygens (including phenoxy) is 1. The number of fused-ring (bicyclic) bond motifs is 1. The number of hydrogen-bond acceptors (Lipinski definition) is 6. The van der Waals surface area contributed by atoms with Crippen molar-refractivity contribution in [3.8, 4) is 5.75 Å². The quantitative estimate of drug-likeness (QED) is 0.749. The summed E-state index contributed by atoms with van der Waals surface area (Å²) in [6, 6.07) is 4.40. The topological polar surface area (TPSA) is 110 Å². The van der Waals surface area contributed by atoms with E-state index >= 15 is 0 Å². The van der Waals surface area contributed by atoms with Gasteiger partial charge in [0, 0.05) is 25.4 Å². The van der Waals surface area contributed by atoms with Gasteiger partial charge < -0.3 is 15.0 Å². The van der Waals surface area contributed by atoms with Gasteiger partial charge in [-0.25, -0.2) is 8.42 Å². The predicted octanol–water partition coefficient (Wildman–Crippen LogP) is 1.40. The molecule has 168 valence electrons. The number of amides is 2. The van der Waals surface area contributed by atoms with Crippen LogP contribution in [0.1, 0.15) is 54.9 Å². The van der Waals surface area contributed by atoms with Crippen LogP contribution in [0.2, 0.25) is 0 Å². The summed E-state index contributed by atoms with van der Waals surface area (Å²) >= 11 is 0. The second-order valence-electron chi connectivity index (χ2n) is 9.01. The first kappa shape index (κ1) is 21.8. The second kappa shape index (κ2) is 7.93. The van der Waals surface area contributed by atoms with Crippen molar-refractivity contribution in [1.82, 2.24) is 10.2 Å². The molecule has 3 heterocycles. The van der Waals surface area contributed by atoms with E-state index in [2.05, 4.69) is 5.32 Å². The molecule has 2 fully saturated rings. The Labute approximate surface area is 182 Å². The van der Waals surface area contributed by atoms with Crippen LogP contribution in [0.4, 0.5) is 0 Å². The van der Waals surface area contributed by atoms with E-state index in [0.29, 0.717) is 37.1 Å². The molecule has 2 saturated heterocycles. The lowest BCUT2D eigenvalue weighted by Crippen LogP contribution is -2.51. The van der Waals surface area contributed by atoms with Crippen molar-refractivity contribution >= 4 is 27.4 Å². The molecule has 0 unspecified atom stereocenters. The van der Waals surface area contributed by atoms with Crippen LogP contribution in [-0.4, -0.2) is 66.7 Å². The Kier molecular flexibility index (Phi) is 5.57. The van der Waals surface area contributed by atoms with Crippen molar-refractivity contribution in [1.29, 1.82) is 0 Å². The Bertz CT molecular complexity index is 1040. The molecule has 1 N–H and O–H groups in total. The van der Waals surface area contributed by atoms with Gasteiger partial charge in [-0.3, -0.25) is 14.4 Å². The van der Waals surface area contributed by atoms with Gasteiger partial charge in [-0.2, -0.15) is 0 Å². The number of carbonyl (C=O) groups is 3. The van der Waals surface area contributed by atoms with E-state index in [4.69, 9.17) is 4.74 Å². The summed E-state index contributed by atoms with van der Waals surface area (Å²) in [6.45, 7) is 3.87. The molecule has 0 saturated carbocycles. The number of carbonyl (C=O) groups excluding carboxylic acids is 3. The highest BCUT2D eigenvalue weighted by Gasteiger charge is 2.44. The minimum Gasteiger partial charge on any atom is -0.486 e. The first-order valence-electron chi connectivity index (χ1n) is 10.7. The molecule has 3 aliphatic rings. The molecule has 2 amide bonds. The Morgan fingerprint density at radius 2 is 2.06 bits per heavy atom. The summed E-state index contributed by atoms with van der Waals surface area (Å²) in [7, 11) is -3.10. The molecule has 0 radical (unpaired) electrons. The summed E-state index contributed by atoms with van der Waals surface area (Å²) in [5.41, 5.74) is 0.820. The average Bonchev–Trinajstić information content (AvgIpc) is 2.96. The lowest BCUT2D eigenvalue weighted by atomic mass is 9.84. The van der Waals surface area contributed by atoms with Gasteiger partial charge in [0.1, 0.15) is 17.4 Å². The van der Waals surface area contributed by atoms with Crippen LogP contribution < -0.4 is 10.1 Å². The third-order valence-electron chi connectivity index (χ3n) is 6.59. The monoisotopic (exact) mass is 448 g/mol. The molecule has 3 atom stereocenters. The van der Waals surface area contributed by atoms with Gasteiger partial charge in [0.25, 0.3) is 0 Å². The SMILES string of the molecule is Cc1ccc2c(c1)C(=O)C[C@]1(CCC(=O)N([C@@H](C)C(=O)N[C@H]3CCS(=O)(=O)C3)CC1)O2. The number of likely N-dealkylation sites (tertiary alicyclic amines) is 1. The molecular weight excluding hydrogens is 420 g/mol. The maximum absolute atomic E-state index is 12.8. The van der Waals surface area contributed by atoms with Crippen molar-refractivity contribution < 1.29 is 27.5 Å². The summed E-state index contributed by atoms with van der Waals surface area (Å²) in [5, 5.41) is 2.77. The van der Waals surface area contributed by atoms with Crippen LogP contribution in [-0.2, 0) is 19.4 Å². The highest BCUT2D eigenvalue weighted by atomic mass is 32.2. The second-order valence-corrected chi connectivity index (χ2v) is 11.2. The van der Waals surface area contributed by atoms with Gasteiger partial charge in [-0.05, 0) is 38.8 Å². The van der Waals surface area contributed by atoms with Crippen molar-refractivity contribution in [2.75, 3.05) is 18.1 Å². The zero-order valence-corrected chi connectivity index (χ0v) is 18.7. The van der Waals surface area contributed by atoms with E-state index in [9.17, 15) is 22.8 Å². The Hall–Kier alpha value is -2.42. The van der Waals surface area contributed by atoms with Crippen LogP contribution in [0.3, 0.4) is 0 Å². The minimum atomic E-state index is -3.10. The average molecular weight is 449 g/mol. The summed E-state index contributed by atoms with van der Waals surface area (Å²) in [6.07, 6.45) is 1.66. The van der Waals surface area contributed by atoms with Crippen molar-refractivity contribution in [2.24, 2.45) is 0 Å². The normalized spacial score (nSPS) is 28.6. The number of nitrogens with one attached hydrogen (secondary N) is 1. The van der Waals surface area contributed by atoms with Crippen molar-refractivity contribution in [2.45, 2.75) is 63.6 Å². The summed E-state index contributed by atoms with van der Waals surface area (Å²) in [4.78, 5) is 39.8. The fraction of sp³-hybridized carbons (Fsp3) is 0.591. The van der Waals surface area contributed by atoms with Crippen LogP contribution in [0.25, 0.3) is 0 Å². The molecule has 1 spiro atoms. The lowest BCUT2D eigenvalue weighted by Gasteiger charge is -2.37. The van der Waals surface area contributed by atoms with E-state index in [1.165, 1.54) is 4.90 Å². The van der Waals surface area contributed by atoms with E-state index in [1.807, 2.05) is 19.1 Å². The molecule has 3 aliphatic heterocycles. The molecule has 4 rings (SSSR count). The predicted molar refractivity (Wildman–Crippen MR) is 114 cm³/mol. The first-order chi connectivity index (χ1) is 14.6. The Balaban J connectivity index is 1.45. The van der Waals surface area contributed by atoms with Crippen molar-refractivity contribution in [3.63, 3.8) is 0 Å². The van der Waals surface area contributed by atoms with Crippen LogP contribution >= 0.6 is 0 Å². The van der Waals surface area contributed by atoms with Gasteiger partial charge in [0.2, 0.25) is 11.8 Å². The van der Waals surface area contributed by atoms with Gasteiger partial charge in [-0.1, -0.05) is 11.6 Å². The van der Waals surface area contributed by atoms with Gasteiger partial charge in [-0.15, -0.1) is 0 Å². The molecule has 1 aromatic carbocycles. The number of hydrogen-bond donors (Lipinski definition) is 1. The van der Waals surface area contributed by atoms with E-state index in [1.54, 1.807) is 13.0 Å². The third-order valence-corrected chi connectivity index (χ3v) is 8.36. The summed E-state index contributed by atoms with van der Waals surface area (Å²) in [5.74, 6) is 0.0635. The standard InChI is InChI=1S/C22H28N2O6S/c1-14-3-4-19-17(11-14)18(25)12-22(30-19)7-5-20(26)24(9-8-22)15(2)21(27)23-16-6-10-31(28,29)13-16/h3-4,11,15-16H,5-10,12-13H2,1-2H3,(H,23,27)/t15-,16-,22+/m0/s1. The fourth-order valence-corrected chi connectivity index (χ4v) is 6.39. The van der Waals surface area contributed by atoms with E-state index < -0.39 is 27.5 Å². The zero-order valence-electron chi connectivity index (χ0n) is 17.8. The summed E-state index contributed by atoms with van der Waals surface area (Å²) < 4.78 is 29.5. The number of sulfone groups is 1. The van der Waals surface area contributed by atoms with E-state index in [-0.39, 0.29) is 41.9 Å². The van der Waals surface area contributed by atoms with Gasteiger partial charge in [0.05, 0.1) is 23.5 Å². The minimum absolute atomic E-state index is 0.0130. The molecular formula is C22H28N2O6S. The Morgan fingerprint density at radius 3 is 2.77 bits per heavy atom. The lowest BCUT2D eigenvalue weighted by molar-refractivity contribution is -0.139. The van der Waals surface area contributed by atoms with Gasteiger partial charge >= 0.3 is 0 Å². The number of Topliss-reactive ketones (excluding diaryl/α,β-unsaturated/α-hetero) is 1. The van der Waals surface area contributed by atoms with Crippen LogP contribution in [0.5, 0.6) is 5.75 Å². The number of aryl methyl sites for hydroxylation is 1. The highest BCUT2D eigenvalue weighted by Crippen LogP contribution is 2.40.